The Morgan fingerprint density at radius 3 is 2.22 bits per heavy atom. The third-order valence-corrected chi connectivity index (χ3v) is 5.29. The molecule has 0 unspecified atom stereocenters. The summed E-state index contributed by atoms with van der Waals surface area (Å²) in [5.74, 6) is 2.05. The zero-order valence-corrected chi connectivity index (χ0v) is 18.5. The lowest BCUT2D eigenvalue weighted by molar-refractivity contribution is 0.214. The zero-order valence-electron chi connectivity index (χ0n) is 18.5. The normalized spacial score (nSPS) is 10.8. The second-order valence-corrected chi connectivity index (χ2v) is 7.51. The van der Waals surface area contributed by atoms with Crippen molar-refractivity contribution >= 4 is 11.0 Å². The fraction of sp³-hybridized carbons (Fsp3) is 0.222. The molecule has 0 fully saturated rings. The molecule has 0 spiro atoms. The Morgan fingerprint density at radius 1 is 0.844 bits per heavy atom. The number of fused-ring (bicyclic) bond motifs is 1. The summed E-state index contributed by atoms with van der Waals surface area (Å²) in [6.07, 6.45) is 0.830. The Morgan fingerprint density at radius 2 is 1.53 bits per heavy atom. The second kappa shape index (κ2) is 9.60. The van der Waals surface area contributed by atoms with Gasteiger partial charge in [0.25, 0.3) is 0 Å². The first kappa shape index (κ1) is 21.5. The molecule has 0 saturated carbocycles. The van der Waals surface area contributed by atoms with E-state index in [1.54, 1.807) is 7.11 Å². The van der Waals surface area contributed by atoms with Crippen molar-refractivity contribution in [3.8, 4) is 28.6 Å². The van der Waals surface area contributed by atoms with Gasteiger partial charge in [-0.15, -0.1) is 0 Å². The van der Waals surface area contributed by atoms with Gasteiger partial charge in [-0.2, -0.15) is 0 Å². The highest BCUT2D eigenvalue weighted by Crippen LogP contribution is 2.32. The van der Waals surface area contributed by atoms with E-state index in [2.05, 4.69) is 0 Å². The first-order valence-electron chi connectivity index (χ1n) is 10.7. The van der Waals surface area contributed by atoms with Crippen molar-refractivity contribution in [2.45, 2.75) is 20.3 Å². The lowest BCUT2D eigenvalue weighted by Crippen LogP contribution is -2.15. The Kier molecular flexibility index (Phi) is 6.45. The van der Waals surface area contributed by atoms with Crippen LogP contribution in [0.4, 0.5) is 0 Å². The Bertz CT molecular complexity index is 1250. The van der Waals surface area contributed by atoms with Gasteiger partial charge in [-0.1, -0.05) is 30.7 Å². The van der Waals surface area contributed by atoms with Gasteiger partial charge in [-0.3, -0.25) is 4.79 Å². The SMILES string of the molecule is CCc1ccc2oc(-c3ccc(OC)cc3)c(OCCOc3ccc(C)cc3)c(=O)c2c1. The first-order chi connectivity index (χ1) is 15.6. The molecule has 0 amide bonds. The second-order valence-electron chi connectivity index (χ2n) is 7.51. The van der Waals surface area contributed by atoms with Crippen molar-refractivity contribution < 1.29 is 18.6 Å². The lowest BCUT2D eigenvalue weighted by Gasteiger charge is -2.13. The van der Waals surface area contributed by atoms with Gasteiger partial charge >= 0.3 is 0 Å². The molecular weight excluding hydrogens is 404 g/mol. The number of ether oxygens (including phenoxy) is 3. The number of aryl methyl sites for hydroxylation is 2. The maximum absolute atomic E-state index is 13.4. The minimum atomic E-state index is -0.192. The van der Waals surface area contributed by atoms with Gasteiger partial charge in [0.05, 0.1) is 12.5 Å². The molecule has 3 aromatic carbocycles. The van der Waals surface area contributed by atoms with E-state index in [0.717, 1.165) is 34.6 Å². The van der Waals surface area contributed by atoms with Gasteiger partial charge in [0.15, 0.2) is 5.76 Å². The average molecular weight is 431 g/mol. The van der Waals surface area contributed by atoms with Crippen LogP contribution in [0.3, 0.4) is 0 Å². The fourth-order valence-electron chi connectivity index (χ4n) is 3.45. The standard InChI is InChI=1S/C27H26O5/c1-4-19-7-14-24-23(17-19)25(28)27(26(32-24)20-8-12-21(29-3)13-9-20)31-16-15-30-22-10-5-18(2)6-11-22/h5-14,17H,4,15-16H2,1-3H3. The molecule has 4 aromatic rings. The highest BCUT2D eigenvalue weighted by Gasteiger charge is 2.18. The maximum atomic E-state index is 13.4. The number of hydrogen-bond donors (Lipinski definition) is 0. The predicted octanol–water partition coefficient (Wildman–Crippen LogP) is 5.80. The Hall–Kier alpha value is -3.73. The first-order valence-corrected chi connectivity index (χ1v) is 10.7. The number of methoxy groups -OCH3 is 1. The number of hydrogen-bond acceptors (Lipinski definition) is 5. The van der Waals surface area contributed by atoms with Crippen LogP contribution in [0.1, 0.15) is 18.1 Å². The molecule has 1 aromatic heterocycles. The summed E-state index contributed by atoms with van der Waals surface area (Å²) >= 11 is 0. The van der Waals surface area contributed by atoms with Gasteiger partial charge in [-0.05, 0) is 67.4 Å². The highest BCUT2D eigenvalue weighted by atomic mass is 16.5. The number of benzene rings is 3. The van der Waals surface area contributed by atoms with Crippen LogP contribution < -0.4 is 19.6 Å². The van der Waals surface area contributed by atoms with E-state index in [1.807, 2.05) is 80.6 Å². The van der Waals surface area contributed by atoms with E-state index < -0.39 is 0 Å². The molecule has 0 saturated heterocycles. The van der Waals surface area contributed by atoms with Crippen LogP contribution in [-0.4, -0.2) is 20.3 Å². The molecule has 0 aliphatic heterocycles. The maximum Gasteiger partial charge on any atom is 0.235 e. The lowest BCUT2D eigenvalue weighted by atomic mass is 10.1. The van der Waals surface area contributed by atoms with Crippen molar-refractivity contribution in [2.75, 3.05) is 20.3 Å². The van der Waals surface area contributed by atoms with Gasteiger partial charge in [-0.25, -0.2) is 0 Å². The smallest absolute Gasteiger partial charge is 0.235 e. The molecular formula is C27H26O5. The summed E-state index contributed by atoms with van der Waals surface area (Å²) in [5, 5.41) is 0.510. The van der Waals surface area contributed by atoms with Crippen LogP contribution in [0, 0.1) is 6.92 Å². The van der Waals surface area contributed by atoms with Crippen molar-refractivity contribution in [1.82, 2.24) is 0 Å². The summed E-state index contributed by atoms with van der Waals surface area (Å²) in [7, 11) is 1.61. The van der Waals surface area contributed by atoms with Crippen molar-refractivity contribution in [2.24, 2.45) is 0 Å². The van der Waals surface area contributed by atoms with E-state index in [0.29, 0.717) is 23.3 Å². The molecule has 0 atom stereocenters. The summed E-state index contributed by atoms with van der Waals surface area (Å²) in [5.41, 5.74) is 3.30. The van der Waals surface area contributed by atoms with Gasteiger partial charge in [0, 0.05) is 5.56 Å². The molecule has 0 bridgehead atoms. The van der Waals surface area contributed by atoms with Crippen molar-refractivity contribution in [3.05, 3.63) is 88.1 Å². The van der Waals surface area contributed by atoms with E-state index >= 15 is 0 Å². The van der Waals surface area contributed by atoms with Crippen LogP contribution in [-0.2, 0) is 6.42 Å². The molecule has 5 nitrogen and oxygen atoms in total. The Labute approximate surface area is 187 Å². The van der Waals surface area contributed by atoms with E-state index in [-0.39, 0.29) is 17.8 Å². The molecule has 5 heteroatoms. The third kappa shape index (κ3) is 4.62. The largest absolute Gasteiger partial charge is 0.497 e. The van der Waals surface area contributed by atoms with Gasteiger partial charge in [0.1, 0.15) is 30.3 Å². The molecule has 0 aliphatic rings. The topological polar surface area (TPSA) is 57.9 Å². The number of rotatable bonds is 8. The third-order valence-electron chi connectivity index (χ3n) is 5.29. The van der Waals surface area contributed by atoms with Gasteiger partial charge < -0.3 is 18.6 Å². The molecule has 164 valence electrons. The van der Waals surface area contributed by atoms with Crippen molar-refractivity contribution in [1.29, 1.82) is 0 Å². The summed E-state index contributed by atoms with van der Waals surface area (Å²) < 4.78 is 23.1. The fourth-order valence-corrected chi connectivity index (χ4v) is 3.45. The minimum Gasteiger partial charge on any atom is -0.497 e. The van der Waals surface area contributed by atoms with Crippen LogP contribution in [0.5, 0.6) is 17.2 Å². The molecule has 1 heterocycles. The van der Waals surface area contributed by atoms with E-state index in [9.17, 15) is 4.79 Å². The van der Waals surface area contributed by atoms with Crippen LogP contribution >= 0.6 is 0 Å². The average Bonchev–Trinajstić information content (AvgIpc) is 2.83. The molecule has 32 heavy (non-hydrogen) atoms. The molecule has 0 radical (unpaired) electrons. The molecule has 0 aliphatic carbocycles. The zero-order chi connectivity index (χ0) is 22.5. The quantitative estimate of drug-likeness (QED) is 0.331. The van der Waals surface area contributed by atoms with E-state index in [1.165, 1.54) is 0 Å². The van der Waals surface area contributed by atoms with E-state index in [4.69, 9.17) is 18.6 Å². The molecule has 4 rings (SSSR count). The van der Waals surface area contributed by atoms with Crippen LogP contribution in [0.15, 0.2) is 75.9 Å². The molecule has 0 N–H and O–H groups in total. The summed E-state index contributed by atoms with van der Waals surface area (Å²) in [6, 6.07) is 20.8. The van der Waals surface area contributed by atoms with Crippen LogP contribution in [0.25, 0.3) is 22.3 Å². The Balaban J connectivity index is 1.66. The van der Waals surface area contributed by atoms with Crippen molar-refractivity contribution in [3.63, 3.8) is 0 Å². The predicted molar refractivity (Wildman–Crippen MR) is 126 cm³/mol. The summed E-state index contributed by atoms with van der Waals surface area (Å²) in [6.45, 7) is 4.59. The summed E-state index contributed by atoms with van der Waals surface area (Å²) in [4.78, 5) is 13.4. The minimum absolute atomic E-state index is 0.184. The highest BCUT2D eigenvalue weighted by molar-refractivity contribution is 5.82. The monoisotopic (exact) mass is 430 g/mol. The van der Waals surface area contributed by atoms with Gasteiger partial charge in [0.2, 0.25) is 11.2 Å². The van der Waals surface area contributed by atoms with Crippen LogP contribution in [0.2, 0.25) is 0 Å².